The van der Waals surface area contributed by atoms with Crippen LogP contribution in [0.3, 0.4) is 0 Å². The van der Waals surface area contributed by atoms with Crippen molar-refractivity contribution >= 4 is 5.69 Å². The lowest BCUT2D eigenvalue weighted by Gasteiger charge is -2.07. The van der Waals surface area contributed by atoms with E-state index >= 15 is 0 Å². The van der Waals surface area contributed by atoms with Gasteiger partial charge in [-0.3, -0.25) is 4.98 Å². The van der Waals surface area contributed by atoms with Gasteiger partial charge < -0.3 is 10.1 Å². The van der Waals surface area contributed by atoms with Crippen molar-refractivity contribution in [3.63, 3.8) is 0 Å². The number of aromatic nitrogens is 1. The molecule has 0 fully saturated rings. The highest BCUT2D eigenvalue weighted by molar-refractivity contribution is 5.52. The van der Waals surface area contributed by atoms with Crippen molar-refractivity contribution in [2.45, 2.75) is 13.0 Å². The maximum atomic E-state index is 5.48. The summed E-state index contributed by atoms with van der Waals surface area (Å²) in [5.74, 6) is 1.03. The van der Waals surface area contributed by atoms with Gasteiger partial charge in [-0.2, -0.15) is 0 Å². The molecule has 86 valence electrons. The maximum absolute atomic E-state index is 5.48. The van der Waals surface area contributed by atoms with Crippen molar-refractivity contribution in [2.24, 2.45) is 0 Å². The third kappa shape index (κ3) is 2.23. The Bertz CT molecular complexity index is 511. The van der Waals surface area contributed by atoms with Gasteiger partial charge in [-0.15, -0.1) is 0 Å². The third-order valence-corrected chi connectivity index (χ3v) is 2.94. The van der Waals surface area contributed by atoms with Gasteiger partial charge in [0.25, 0.3) is 0 Å². The fourth-order valence-corrected chi connectivity index (χ4v) is 2.00. The molecular weight excluding hydrogens is 212 g/mol. The van der Waals surface area contributed by atoms with Crippen molar-refractivity contribution in [3.8, 4) is 5.75 Å². The Morgan fingerprint density at radius 2 is 2.06 bits per heavy atom. The van der Waals surface area contributed by atoms with Crippen LogP contribution in [0.1, 0.15) is 11.1 Å². The normalized spacial score (nSPS) is 12.9. The molecule has 0 spiro atoms. The summed E-state index contributed by atoms with van der Waals surface area (Å²) >= 11 is 0. The van der Waals surface area contributed by atoms with Crippen molar-refractivity contribution in [2.75, 3.05) is 11.9 Å². The molecule has 2 aromatic rings. The van der Waals surface area contributed by atoms with Crippen LogP contribution >= 0.6 is 0 Å². The van der Waals surface area contributed by atoms with E-state index in [9.17, 15) is 0 Å². The Balaban J connectivity index is 1.70. The molecule has 0 atom stereocenters. The quantitative estimate of drug-likeness (QED) is 0.873. The summed E-state index contributed by atoms with van der Waals surface area (Å²) in [7, 11) is 0. The largest absolute Gasteiger partial charge is 0.493 e. The molecule has 0 saturated heterocycles. The van der Waals surface area contributed by atoms with E-state index in [0.717, 1.165) is 31.0 Å². The highest BCUT2D eigenvalue weighted by Crippen LogP contribution is 2.27. The second kappa shape index (κ2) is 4.45. The van der Waals surface area contributed by atoms with Crippen molar-refractivity contribution < 1.29 is 4.74 Å². The van der Waals surface area contributed by atoms with Crippen molar-refractivity contribution in [1.82, 2.24) is 4.98 Å². The fraction of sp³-hybridized carbons (Fsp3) is 0.214. The molecular formula is C14H14N2O. The number of hydrogen-bond donors (Lipinski definition) is 1. The van der Waals surface area contributed by atoms with Gasteiger partial charge in [0.2, 0.25) is 0 Å². The maximum Gasteiger partial charge on any atom is 0.122 e. The van der Waals surface area contributed by atoms with Crippen LogP contribution in [0.15, 0.2) is 42.7 Å². The average Bonchev–Trinajstić information content (AvgIpc) is 2.85. The lowest BCUT2D eigenvalue weighted by molar-refractivity contribution is 0.357. The molecule has 1 N–H and O–H groups in total. The van der Waals surface area contributed by atoms with Crippen LogP contribution in [0.25, 0.3) is 0 Å². The molecule has 17 heavy (non-hydrogen) atoms. The zero-order valence-electron chi connectivity index (χ0n) is 9.52. The average molecular weight is 226 g/mol. The second-order valence-corrected chi connectivity index (χ2v) is 4.13. The number of hydrogen-bond acceptors (Lipinski definition) is 3. The van der Waals surface area contributed by atoms with Gasteiger partial charge in [-0.25, -0.2) is 0 Å². The van der Waals surface area contributed by atoms with Gasteiger partial charge in [0.15, 0.2) is 0 Å². The summed E-state index contributed by atoms with van der Waals surface area (Å²) in [5, 5.41) is 3.41. The topological polar surface area (TPSA) is 34.1 Å². The highest BCUT2D eigenvalue weighted by Gasteiger charge is 2.11. The molecule has 0 aliphatic carbocycles. The first-order chi connectivity index (χ1) is 8.42. The molecule has 0 radical (unpaired) electrons. The summed E-state index contributed by atoms with van der Waals surface area (Å²) in [6.07, 6.45) is 4.64. The zero-order chi connectivity index (χ0) is 11.5. The van der Waals surface area contributed by atoms with Gasteiger partial charge in [0.1, 0.15) is 5.75 Å². The smallest absolute Gasteiger partial charge is 0.122 e. The molecule has 0 bridgehead atoms. The van der Waals surface area contributed by atoms with Crippen LogP contribution in [-0.2, 0) is 13.0 Å². The summed E-state index contributed by atoms with van der Waals surface area (Å²) in [4.78, 5) is 4.00. The fourth-order valence-electron chi connectivity index (χ4n) is 2.00. The Morgan fingerprint density at radius 3 is 2.94 bits per heavy atom. The first kappa shape index (κ1) is 10.1. The summed E-state index contributed by atoms with van der Waals surface area (Å²) in [6.45, 7) is 1.63. The third-order valence-electron chi connectivity index (χ3n) is 2.94. The van der Waals surface area contributed by atoms with Gasteiger partial charge in [0.05, 0.1) is 6.61 Å². The monoisotopic (exact) mass is 226 g/mol. The van der Waals surface area contributed by atoms with Crippen LogP contribution in [-0.4, -0.2) is 11.6 Å². The summed E-state index contributed by atoms with van der Waals surface area (Å²) < 4.78 is 5.48. The Kier molecular flexibility index (Phi) is 2.66. The van der Waals surface area contributed by atoms with Crippen LogP contribution < -0.4 is 10.1 Å². The Hall–Kier alpha value is -2.03. The Morgan fingerprint density at radius 1 is 1.18 bits per heavy atom. The molecule has 3 nitrogen and oxygen atoms in total. The molecule has 1 aromatic carbocycles. The second-order valence-electron chi connectivity index (χ2n) is 4.13. The minimum atomic E-state index is 0.809. The predicted molar refractivity (Wildman–Crippen MR) is 67.2 cm³/mol. The minimum Gasteiger partial charge on any atom is -0.493 e. The van der Waals surface area contributed by atoms with Crippen molar-refractivity contribution in [3.05, 3.63) is 53.9 Å². The summed E-state index contributed by atoms with van der Waals surface area (Å²) in [6, 6.07) is 10.3. The van der Waals surface area contributed by atoms with Crippen LogP contribution in [0.2, 0.25) is 0 Å². The highest BCUT2D eigenvalue weighted by atomic mass is 16.5. The number of anilines is 1. The van der Waals surface area contributed by atoms with Gasteiger partial charge in [0, 0.05) is 31.0 Å². The van der Waals surface area contributed by atoms with Crippen LogP contribution in [0, 0.1) is 0 Å². The molecule has 2 heterocycles. The first-order valence-electron chi connectivity index (χ1n) is 5.80. The van der Waals surface area contributed by atoms with Gasteiger partial charge in [-0.1, -0.05) is 0 Å². The molecule has 0 amide bonds. The van der Waals surface area contributed by atoms with E-state index in [1.54, 1.807) is 0 Å². The van der Waals surface area contributed by atoms with Gasteiger partial charge in [-0.05, 0) is 41.5 Å². The molecule has 1 aromatic heterocycles. The number of benzene rings is 1. The molecule has 3 heteroatoms. The summed E-state index contributed by atoms with van der Waals surface area (Å²) in [5.41, 5.74) is 3.67. The molecule has 0 saturated carbocycles. The molecule has 1 aliphatic rings. The van der Waals surface area contributed by atoms with E-state index in [1.165, 1.54) is 11.1 Å². The van der Waals surface area contributed by atoms with Crippen LogP contribution in [0.4, 0.5) is 5.69 Å². The molecule has 3 rings (SSSR count). The van der Waals surface area contributed by atoms with Crippen molar-refractivity contribution in [1.29, 1.82) is 0 Å². The zero-order valence-corrected chi connectivity index (χ0v) is 9.52. The molecule has 1 aliphatic heterocycles. The lowest BCUT2D eigenvalue weighted by atomic mass is 10.1. The van der Waals surface area contributed by atoms with E-state index in [1.807, 2.05) is 30.6 Å². The molecule has 0 unspecified atom stereocenters. The minimum absolute atomic E-state index is 0.809. The van der Waals surface area contributed by atoms with E-state index in [-0.39, 0.29) is 0 Å². The van der Waals surface area contributed by atoms with E-state index in [2.05, 4.69) is 22.4 Å². The van der Waals surface area contributed by atoms with E-state index in [4.69, 9.17) is 4.74 Å². The number of ether oxygens (including phenoxy) is 1. The number of nitrogens with zero attached hydrogens (tertiary/aromatic N) is 1. The van der Waals surface area contributed by atoms with E-state index < -0.39 is 0 Å². The Labute approximate surface area is 100 Å². The lowest BCUT2D eigenvalue weighted by Crippen LogP contribution is -1.99. The van der Waals surface area contributed by atoms with Gasteiger partial charge >= 0.3 is 0 Å². The number of fused-ring (bicyclic) bond motifs is 1. The standard InChI is InChI=1S/C14H14N2O/c1-2-14-12(5-8-17-14)9-13(1)16-10-11-3-6-15-7-4-11/h1-4,6-7,9,16H,5,8,10H2. The van der Waals surface area contributed by atoms with Crippen LogP contribution in [0.5, 0.6) is 5.75 Å². The number of nitrogens with one attached hydrogen (secondary N) is 1. The first-order valence-corrected chi connectivity index (χ1v) is 5.80. The number of pyridine rings is 1. The van der Waals surface area contributed by atoms with E-state index in [0.29, 0.717) is 0 Å². The predicted octanol–water partition coefficient (Wildman–Crippen LogP) is 2.63. The SMILES string of the molecule is c1cc(CNc2ccc3c(c2)CCO3)ccn1. The number of rotatable bonds is 3.